The molecule has 0 aliphatic carbocycles. The van der Waals surface area contributed by atoms with E-state index in [9.17, 15) is 9.59 Å². The van der Waals surface area contributed by atoms with Gasteiger partial charge in [0.05, 0.1) is 19.7 Å². The summed E-state index contributed by atoms with van der Waals surface area (Å²) >= 11 is 0. The summed E-state index contributed by atoms with van der Waals surface area (Å²) in [4.78, 5) is 25.5. The van der Waals surface area contributed by atoms with Crippen LogP contribution in [0.3, 0.4) is 0 Å². The maximum absolute atomic E-state index is 12.2. The molecule has 1 aromatic carbocycles. The number of carbonyl (C=O) groups excluding carboxylic acids is 2. The van der Waals surface area contributed by atoms with E-state index < -0.39 is 0 Å². The predicted molar refractivity (Wildman–Crippen MR) is 80.3 cm³/mol. The number of hydrogen-bond acceptors (Lipinski definition) is 4. The number of para-hydroxylation sites is 1. The van der Waals surface area contributed by atoms with E-state index in [1.165, 1.54) is 5.56 Å². The summed E-state index contributed by atoms with van der Waals surface area (Å²) in [6.07, 6.45) is 0.869. The van der Waals surface area contributed by atoms with Crippen LogP contribution in [0.2, 0.25) is 0 Å². The minimum absolute atomic E-state index is 0.0269. The van der Waals surface area contributed by atoms with Gasteiger partial charge >= 0.3 is 0 Å². The van der Waals surface area contributed by atoms with Crippen LogP contribution in [-0.4, -0.2) is 51.7 Å². The molecule has 0 saturated heterocycles. The smallest absolute Gasteiger partial charge is 0.246 e. The van der Waals surface area contributed by atoms with E-state index in [1.807, 2.05) is 24.3 Å². The maximum Gasteiger partial charge on any atom is 0.246 e. The Morgan fingerprint density at radius 1 is 1.29 bits per heavy atom. The van der Waals surface area contributed by atoms with Gasteiger partial charge in [-0.25, -0.2) is 0 Å². The topological polar surface area (TPSA) is 70.7 Å². The predicted octanol–water partition coefficient (Wildman–Crippen LogP) is -0.0721. The SMILES string of the molecule is COCCNCC(=O)NCC(=O)N1CCc2ccccc21. The van der Waals surface area contributed by atoms with Gasteiger partial charge in [0.15, 0.2) is 0 Å². The highest BCUT2D eigenvalue weighted by atomic mass is 16.5. The van der Waals surface area contributed by atoms with Crippen LogP contribution < -0.4 is 15.5 Å². The van der Waals surface area contributed by atoms with Crippen LogP contribution in [0.5, 0.6) is 0 Å². The molecular formula is C15H21N3O3. The van der Waals surface area contributed by atoms with Crippen molar-refractivity contribution >= 4 is 17.5 Å². The molecule has 1 aliphatic rings. The van der Waals surface area contributed by atoms with Crippen molar-refractivity contribution in [1.82, 2.24) is 10.6 Å². The molecule has 2 rings (SSSR count). The van der Waals surface area contributed by atoms with Crippen LogP contribution in [0.25, 0.3) is 0 Å². The zero-order valence-corrected chi connectivity index (χ0v) is 12.2. The fraction of sp³-hybridized carbons (Fsp3) is 0.467. The lowest BCUT2D eigenvalue weighted by molar-refractivity contribution is -0.124. The molecule has 1 aliphatic heterocycles. The number of hydrogen-bond donors (Lipinski definition) is 2. The molecule has 0 bridgehead atoms. The minimum Gasteiger partial charge on any atom is -0.383 e. The van der Waals surface area contributed by atoms with Gasteiger partial charge in [-0.05, 0) is 18.1 Å². The first-order chi connectivity index (χ1) is 10.2. The quantitative estimate of drug-likeness (QED) is 0.690. The van der Waals surface area contributed by atoms with Crippen LogP contribution in [0.1, 0.15) is 5.56 Å². The molecule has 114 valence electrons. The van der Waals surface area contributed by atoms with E-state index in [0.29, 0.717) is 19.7 Å². The van der Waals surface area contributed by atoms with Gasteiger partial charge in [0.2, 0.25) is 11.8 Å². The van der Waals surface area contributed by atoms with Crippen molar-refractivity contribution in [3.63, 3.8) is 0 Å². The number of fused-ring (bicyclic) bond motifs is 1. The summed E-state index contributed by atoms with van der Waals surface area (Å²) in [5.41, 5.74) is 2.13. The van der Waals surface area contributed by atoms with Gasteiger partial charge in [-0.2, -0.15) is 0 Å². The van der Waals surface area contributed by atoms with Gasteiger partial charge in [0.1, 0.15) is 0 Å². The standard InChI is InChI=1S/C15H21N3O3/c1-21-9-7-16-10-14(19)17-11-15(20)18-8-6-12-4-2-3-5-13(12)18/h2-5,16H,6-11H2,1H3,(H,17,19). The second kappa shape index (κ2) is 7.75. The van der Waals surface area contributed by atoms with Gasteiger partial charge in [0, 0.05) is 25.9 Å². The molecular weight excluding hydrogens is 270 g/mol. The number of nitrogens with one attached hydrogen (secondary N) is 2. The Labute approximate surface area is 124 Å². The van der Waals surface area contributed by atoms with E-state index in [0.717, 1.165) is 12.1 Å². The molecule has 1 aromatic rings. The average molecular weight is 291 g/mol. The van der Waals surface area contributed by atoms with Crippen LogP contribution in [0.15, 0.2) is 24.3 Å². The van der Waals surface area contributed by atoms with Crippen molar-refractivity contribution in [2.45, 2.75) is 6.42 Å². The van der Waals surface area contributed by atoms with Gasteiger partial charge in [-0.1, -0.05) is 18.2 Å². The molecule has 2 amide bonds. The fourth-order valence-corrected chi connectivity index (χ4v) is 2.31. The summed E-state index contributed by atoms with van der Waals surface area (Å²) in [5.74, 6) is -0.267. The second-order valence-corrected chi connectivity index (χ2v) is 4.87. The van der Waals surface area contributed by atoms with Crippen molar-refractivity contribution in [1.29, 1.82) is 0 Å². The Hall–Kier alpha value is -1.92. The van der Waals surface area contributed by atoms with Crippen LogP contribution in [0, 0.1) is 0 Å². The molecule has 0 radical (unpaired) electrons. The highest BCUT2D eigenvalue weighted by Crippen LogP contribution is 2.27. The van der Waals surface area contributed by atoms with Crippen LogP contribution in [0.4, 0.5) is 5.69 Å². The van der Waals surface area contributed by atoms with E-state index in [2.05, 4.69) is 10.6 Å². The third-order valence-corrected chi connectivity index (χ3v) is 3.39. The van der Waals surface area contributed by atoms with Crippen molar-refractivity contribution in [3.05, 3.63) is 29.8 Å². The Morgan fingerprint density at radius 3 is 2.90 bits per heavy atom. The fourth-order valence-electron chi connectivity index (χ4n) is 2.31. The molecule has 1 heterocycles. The Bertz CT molecular complexity index is 505. The minimum atomic E-state index is -0.188. The van der Waals surface area contributed by atoms with Crippen molar-refractivity contribution in [2.75, 3.05) is 44.8 Å². The third kappa shape index (κ3) is 4.27. The monoisotopic (exact) mass is 291 g/mol. The number of carbonyl (C=O) groups is 2. The molecule has 0 saturated carbocycles. The molecule has 0 unspecified atom stereocenters. The maximum atomic E-state index is 12.2. The molecule has 2 N–H and O–H groups in total. The summed E-state index contributed by atoms with van der Waals surface area (Å²) < 4.78 is 4.87. The van der Waals surface area contributed by atoms with Gasteiger partial charge in [-0.15, -0.1) is 0 Å². The molecule has 6 heteroatoms. The first-order valence-electron chi connectivity index (χ1n) is 7.07. The molecule has 21 heavy (non-hydrogen) atoms. The zero-order valence-electron chi connectivity index (χ0n) is 12.2. The Balaban J connectivity index is 1.74. The largest absolute Gasteiger partial charge is 0.383 e. The highest BCUT2D eigenvalue weighted by Gasteiger charge is 2.23. The average Bonchev–Trinajstić information content (AvgIpc) is 2.93. The van der Waals surface area contributed by atoms with Crippen LogP contribution >= 0.6 is 0 Å². The molecule has 6 nitrogen and oxygen atoms in total. The second-order valence-electron chi connectivity index (χ2n) is 4.87. The lowest BCUT2D eigenvalue weighted by Gasteiger charge is -2.17. The number of methoxy groups -OCH3 is 1. The van der Waals surface area contributed by atoms with Crippen LogP contribution in [-0.2, 0) is 20.7 Å². The van der Waals surface area contributed by atoms with Crippen molar-refractivity contribution in [3.8, 4) is 0 Å². The first-order valence-corrected chi connectivity index (χ1v) is 7.07. The van der Waals surface area contributed by atoms with Crippen molar-refractivity contribution < 1.29 is 14.3 Å². The van der Waals surface area contributed by atoms with Crippen molar-refractivity contribution in [2.24, 2.45) is 0 Å². The molecule has 0 atom stereocenters. The number of rotatable bonds is 7. The van der Waals surface area contributed by atoms with Gasteiger partial charge in [-0.3, -0.25) is 9.59 Å². The number of benzene rings is 1. The van der Waals surface area contributed by atoms with E-state index in [1.54, 1.807) is 12.0 Å². The molecule has 0 aromatic heterocycles. The number of ether oxygens (including phenoxy) is 1. The number of nitrogens with zero attached hydrogens (tertiary/aromatic N) is 1. The van der Waals surface area contributed by atoms with Gasteiger partial charge in [0.25, 0.3) is 0 Å². The zero-order chi connectivity index (χ0) is 15.1. The molecule has 0 fully saturated rings. The van der Waals surface area contributed by atoms with E-state index in [4.69, 9.17) is 4.74 Å². The van der Waals surface area contributed by atoms with E-state index >= 15 is 0 Å². The lowest BCUT2D eigenvalue weighted by atomic mass is 10.2. The lowest BCUT2D eigenvalue weighted by Crippen LogP contribution is -2.42. The Morgan fingerprint density at radius 2 is 2.10 bits per heavy atom. The van der Waals surface area contributed by atoms with E-state index in [-0.39, 0.29) is 24.9 Å². The molecule has 0 spiro atoms. The Kier molecular flexibility index (Phi) is 5.71. The summed E-state index contributed by atoms with van der Waals surface area (Å²) in [7, 11) is 1.61. The normalized spacial score (nSPS) is 13.1. The number of anilines is 1. The highest BCUT2D eigenvalue weighted by molar-refractivity contribution is 5.98. The number of amides is 2. The third-order valence-electron chi connectivity index (χ3n) is 3.39. The first kappa shape index (κ1) is 15.5. The summed E-state index contributed by atoms with van der Waals surface area (Å²) in [5, 5.41) is 5.57. The van der Waals surface area contributed by atoms with Gasteiger partial charge < -0.3 is 20.3 Å². The summed E-state index contributed by atoms with van der Waals surface area (Å²) in [6, 6.07) is 7.86. The summed E-state index contributed by atoms with van der Waals surface area (Å²) in [6.45, 7) is 2.06.